The summed E-state index contributed by atoms with van der Waals surface area (Å²) in [5.74, 6) is -0.499. The first kappa shape index (κ1) is 20.2. The van der Waals surface area contributed by atoms with Crippen molar-refractivity contribution in [2.24, 2.45) is 0 Å². The molecule has 0 radical (unpaired) electrons. The fourth-order valence-electron chi connectivity index (χ4n) is 3.82. The number of ether oxygens (including phenoxy) is 1. The van der Waals surface area contributed by atoms with Crippen LogP contribution in [0.15, 0.2) is 48.5 Å². The van der Waals surface area contributed by atoms with Crippen molar-refractivity contribution in [2.45, 2.75) is 57.2 Å². The van der Waals surface area contributed by atoms with Crippen molar-refractivity contribution in [2.75, 3.05) is 5.32 Å². The molecule has 0 heterocycles. The van der Waals surface area contributed by atoms with Gasteiger partial charge in [-0.1, -0.05) is 43.2 Å². The monoisotopic (exact) mass is 391 g/mol. The van der Waals surface area contributed by atoms with Gasteiger partial charge in [0, 0.05) is 5.69 Å². The quantitative estimate of drug-likeness (QED) is 0.685. The van der Waals surface area contributed by atoms with E-state index in [4.69, 9.17) is 4.74 Å². The Hall–Kier alpha value is -2.50. The minimum absolute atomic E-state index is 0.121. The van der Waals surface area contributed by atoms with Crippen molar-refractivity contribution in [3.05, 3.63) is 59.7 Å². The predicted octanol–water partition coefficient (Wildman–Crippen LogP) is 5.94. The Bertz CT molecular complexity index is 825. The normalized spacial score (nSPS) is 16.2. The number of anilines is 1. The molecule has 28 heavy (non-hydrogen) atoms. The molecule has 2 aromatic rings. The molecule has 0 spiro atoms. The number of halogens is 3. The summed E-state index contributed by atoms with van der Waals surface area (Å²) in [5, 5.41) is 2.72. The van der Waals surface area contributed by atoms with Crippen LogP contribution in [-0.4, -0.2) is 12.0 Å². The van der Waals surface area contributed by atoms with Gasteiger partial charge in [-0.2, -0.15) is 13.2 Å². The molecule has 0 saturated heterocycles. The highest BCUT2D eigenvalue weighted by Gasteiger charge is 2.43. The smallest absolute Gasteiger partial charge is 0.420 e. The summed E-state index contributed by atoms with van der Waals surface area (Å²) in [6.07, 6.45) is -1.77. The second-order valence-electron chi connectivity index (χ2n) is 7.48. The molecule has 0 aliphatic heterocycles. The van der Waals surface area contributed by atoms with Crippen LogP contribution in [-0.2, 0) is 16.4 Å². The van der Waals surface area contributed by atoms with Crippen molar-refractivity contribution in [1.29, 1.82) is 0 Å². The van der Waals surface area contributed by atoms with Crippen LogP contribution in [0.3, 0.4) is 0 Å². The zero-order valence-electron chi connectivity index (χ0n) is 16.0. The zero-order chi connectivity index (χ0) is 20.4. The van der Waals surface area contributed by atoms with Gasteiger partial charge in [-0.15, -0.1) is 0 Å². The minimum Gasteiger partial charge on any atom is -0.490 e. The van der Waals surface area contributed by atoms with Gasteiger partial charge in [-0.25, -0.2) is 0 Å². The summed E-state index contributed by atoms with van der Waals surface area (Å²) in [5.41, 5.74) is -0.567. The molecule has 3 rings (SSSR count). The third-order valence-corrected chi connectivity index (χ3v) is 5.12. The van der Waals surface area contributed by atoms with Gasteiger partial charge in [0.25, 0.3) is 0 Å². The van der Waals surface area contributed by atoms with Crippen LogP contribution in [0, 0.1) is 0 Å². The highest BCUT2D eigenvalue weighted by molar-refractivity contribution is 5.99. The van der Waals surface area contributed by atoms with Crippen molar-refractivity contribution in [3.8, 4) is 5.75 Å². The first-order chi connectivity index (χ1) is 13.2. The molecule has 0 bridgehead atoms. The molecule has 1 amide bonds. The van der Waals surface area contributed by atoms with E-state index in [2.05, 4.69) is 5.32 Å². The van der Waals surface area contributed by atoms with Crippen LogP contribution >= 0.6 is 0 Å². The molecule has 1 aliphatic carbocycles. The maximum absolute atomic E-state index is 13.5. The fraction of sp³-hybridized carbons (Fsp3) is 0.409. The largest absolute Gasteiger partial charge is 0.490 e. The lowest BCUT2D eigenvalue weighted by molar-refractivity contribution is -0.139. The van der Waals surface area contributed by atoms with Crippen LogP contribution in [0.5, 0.6) is 5.75 Å². The molecular formula is C22H24F3NO2. The van der Waals surface area contributed by atoms with E-state index in [1.807, 2.05) is 30.3 Å². The van der Waals surface area contributed by atoms with E-state index in [0.717, 1.165) is 24.5 Å². The molecular weight excluding hydrogens is 367 g/mol. The van der Waals surface area contributed by atoms with Crippen LogP contribution in [0.1, 0.15) is 50.7 Å². The Morgan fingerprint density at radius 1 is 1.07 bits per heavy atom. The minimum atomic E-state index is -4.57. The number of rotatable bonds is 5. The van der Waals surface area contributed by atoms with Crippen molar-refractivity contribution in [3.63, 3.8) is 0 Å². The molecule has 1 fully saturated rings. The average molecular weight is 391 g/mol. The second-order valence-corrected chi connectivity index (χ2v) is 7.48. The van der Waals surface area contributed by atoms with E-state index < -0.39 is 17.2 Å². The topological polar surface area (TPSA) is 38.3 Å². The Kier molecular flexibility index (Phi) is 5.68. The summed E-state index contributed by atoms with van der Waals surface area (Å²) in [6.45, 7) is 3.33. The molecule has 1 saturated carbocycles. The van der Waals surface area contributed by atoms with E-state index in [1.54, 1.807) is 13.8 Å². The van der Waals surface area contributed by atoms with Gasteiger partial charge in [-0.3, -0.25) is 4.79 Å². The first-order valence-electron chi connectivity index (χ1n) is 9.47. The van der Waals surface area contributed by atoms with E-state index >= 15 is 0 Å². The number of hydrogen-bond donors (Lipinski definition) is 1. The van der Waals surface area contributed by atoms with Gasteiger partial charge >= 0.3 is 6.18 Å². The number of carbonyl (C=O) groups excluding carboxylic acids is 1. The average Bonchev–Trinajstić information content (AvgIpc) is 3.13. The lowest BCUT2D eigenvalue weighted by Gasteiger charge is -2.28. The summed E-state index contributed by atoms with van der Waals surface area (Å²) >= 11 is 0. The Labute approximate surface area is 162 Å². The Balaban J connectivity index is 1.91. The Morgan fingerprint density at radius 2 is 1.71 bits per heavy atom. The van der Waals surface area contributed by atoms with Crippen molar-refractivity contribution < 1.29 is 22.7 Å². The SMILES string of the molecule is CC(C)Oc1ccc(NC(=O)C2(c3ccccc3)CCCC2)cc1C(F)(F)F. The lowest BCUT2D eigenvalue weighted by Crippen LogP contribution is -2.38. The molecule has 0 aromatic heterocycles. The van der Waals surface area contributed by atoms with Gasteiger partial charge in [0.15, 0.2) is 0 Å². The number of hydrogen-bond acceptors (Lipinski definition) is 2. The fourth-order valence-corrected chi connectivity index (χ4v) is 3.82. The zero-order valence-corrected chi connectivity index (χ0v) is 16.0. The van der Waals surface area contributed by atoms with E-state index in [1.165, 1.54) is 12.1 Å². The van der Waals surface area contributed by atoms with Gasteiger partial charge in [0.1, 0.15) is 5.75 Å². The summed E-state index contributed by atoms with van der Waals surface area (Å²) in [4.78, 5) is 13.1. The van der Waals surface area contributed by atoms with Gasteiger partial charge < -0.3 is 10.1 Å². The van der Waals surface area contributed by atoms with E-state index in [-0.39, 0.29) is 23.4 Å². The molecule has 150 valence electrons. The number of carbonyl (C=O) groups is 1. The molecule has 2 aromatic carbocycles. The van der Waals surface area contributed by atoms with E-state index in [0.29, 0.717) is 12.8 Å². The highest BCUT2D eigenvalue weighted by atomic mass is 19.4. The van der Waals surface area contributed by atoms with Crippen LogP contribution in [0.25, 0.3) is 0 Å². The third-order valence-electron chi connectivity index (χ3n) is 5.12. The summed E-state index contributed by atoms with van der Waals surface area (Å²) < 4.78 is 45.7. The number of amides is 1. The summed E-state index contributed by atoms with van der Waals surface area (Å²) in [7, 11) is 0. The molecule has 1 aliphatic rings. The second kappa shape index (κ2) is 7.86. The Morgan fingerprint density at radius 3 is 2.29 bits per heavy atom. The standard InChI is InChI=1S/C22H24F3NO2/c1-15(2)28-19-11-10-17(14-18(19)22(23,24)25)26-20(27)21(12-6-7-13-21)16-8-4-3-5-9-16/h3-5,8-11,14-15H,6-7,12-13H2,1-2H3,(H,26,27). The van der Waals surface area contributed by atoms with Gasteiger partial charge in [0.05, 0.1) is 17.1 Å². The van der Waals surface area contributed by atoms with Crippen molar-refractivity contribution in [1.82, 2.24) is 0 Å². The number of benzene rings is 2. The maximum Gasteiger partial charge on any atom is 0.420 e. The first-order valence-corrected chi connectivity index (χ1v) is 9.47. The molecule has 1 N–H and O–H groups in total. The summed E-state index contributed by atoms with van der Waals surface area (Å²) in [6, 6.07) is 13.1. The highest BCUT2D eigenvalue weighted by Crippen LogP contribution is 2.43. The molecule has 0 unspecified atom stereocenters. The van der Waals surface area contributed by atoms with Crippen molar-refractivity contribution >= 4 is 11.6 Å². The molecule has 3 nitrogen and oxygen atoms in total. The molecule has 6 heteroatoms. The lowest BCUT2D eigenvalue weighted by atomic mass is 9.78. The third kappa shape index (κ3) is 4.16. The predicted molar refractivity (Wildman–Crippen MR) is 102 cm³/mol. The maximum atomic E-state index is 13.5. The number of nitrogens with one attached hydrogen (secondary N) is 1. The van der Waals surface area contributed by atoms with Gasteiger partial charge in [0.2, 0.25) is 5.91 Å². The molecule has 0 atom stereocenters. The van der Waals surface area contributed by atoms with Crippen LogP contribution in [0.4, 0.5) is 18.9 Å². The number of alkyl halides is 3. The van der Waals surface area contributed by atoms with E-state index in [9.17, 15) is 18.0 Å². The van der Waals surface area contributed by atoms with Crippen LogP contribution < -0.4 is 10.1 Å². The van der Waals surface area contributed by atoms with Gasteiger partial charge in [-0.05, 0) is 50.5 Å². The van der Waals surface area contributed by atoms with Crippen LogP contribution in [0.2, 0.25) is 0 Å².